The van der Waals surface area contributed by atoms with Crippen LogP contribution in [-0.2, 0) is 6.54 Å². The van der Waals surface area contributed by atoms with Crippen molar-refractivity contribution in [3.05, 3.63) is 22.3 Å². The van der Waals surface area contributed by atoms with Crippen molar-refractivity contribution in [2.75, 3.05) is 7.05 Å². The average molecular weight is 230 g/mol. The molecule has 0 aliphatic carbocycles. The third-order valence-electron chi connectivity index (χ3n) is 1.59. The molecule has 0 radical (unpaired) electrons. The molecule has 0 atom stereocenters. The van der Waals surface area contributed by atoms with Gasteiger partial charge < -0.3 is 9.84 Å². The van der Waals surface area contributed by atoms with Gasteiger partial charge in [0.25, 0.3) is 5.89 Å². The largest absolute Gasteiger partial charge is 0.333 e. The Morgan fingerprint density at radius 3 is 3.07 bits per heavy atom. The van der Waals surface area contributed by atoms with Gasteiger partial charge in [0.05, 0.1) is 15.8 Å². The van der Waals surface area contributed by atoms with Crippen molar-refractivity contribution < 1.29 is 4.52 Å². The number of rotatable bonds is 3. The highest BCUT2D eigenvalue weighted by Crippen LogP contribution is 2.29. The van der Waals surface area contributed by atoms with E-state index in [1.165, 1.54) is 11.3 Å². The Morgan fingerprint density at radius 1 is 1.57 bits per heavy atom. The second kappa shape index (κ2) is 4.08. The highest BCUT2D eigenvalue weighted by molar-refractivity contribution is 7.19. The number of halogens is 1. The molecule has 0 aromatic carbocycles. The summed E-state index contributed by atoms with van der Waals surface area (Å²) in [5.74, 6) is 1.17. The van der Waals surface area contributed by atoms with Crippen LogP contribution in [0.3, 0.4) is 0 Å². The second-order valence-electron chi connectivity index (χ2n) is 2.65. The van der Waals surface area contributed by atoms with Crippen molar-refractivity contribution in [2.45, 2.75) is 6.54 Å². The minimum absolute atomic E-state index is 0.521. The lowest BCUT2D eigenvalue weighted by molar-refractivity contribution is 0.421. The van der Waals surface area contributed by atoms with Crippen LogP contribution < -0.4 is 5.32 Å². The summed E-state index contributed by atoms with van der Waals surface area (Å²) in [6.45, 7) is 0.600. The first kappa shape index (κ1) is 9.64. The van der Waals surface area contributed by atoms with Crippen LogP contribution in [-0.4, -0.2) is 17.2 Å². The van der Waals surface area contributed by atoms with Crippen LogP contribution in [0.4, 0.5) is 0 Å². The summed E-state index contributed by atoms with van der Waals surface area (Å²) in [6.07, 6.45) is 0. The maximum absolute atomic E-state index is 5.79. The number of thiophene rings is 1. The van der Waals surface area contributed by atoms with Gasteiger partial charge in [0.15, 0.2) is 5.82 Å². The zero-order valence-corrected chi connectivity index (χ0v) is 9.02. The van der Waals surface area contributed by atoms with Gasteiger partial charge in [0.1, 0.15) is 0 Å². The molecule has 0 aliphatic rings. The molecule has 0 aliphatic heterocycles. The van der Waals surface area contributed by atoms with Crippen molar-refractivity contribution in [1.29, 1.82) is 0 Å². The highest BCUT2D eigenvalue weighted by Gasteiger charge is 2.09. The van der Waals surface area contributed by atoms with E-state index in [2.05, 4.69) is 15.5 Å². The van der Waals surface area contributed by atoms with Crippen LogP contribution in [0.1, 0.15) is 5.82 Å². The topological polar surface area (TPSA) is 51.0 Å². The maximum atomic E-state index is 5.79. The number of hydrogen-bond donors (Lipinski definition) is 1. The van der Waals surface area contributed by atoms with Crippen LogP contribution in [0.5, 0.6) is 0 Å². The highest BCUT2D eigenvalue weighted by atomic mass is 35.5. The quantitative estimate of drug-likeness (QED) is 0.877. The molecule has 2 aromatic heterocycles. The van der Waals surface area contributed by atoms with E-state index in [-0.39, 0.29) is 0 Å². The van der Waals surface area contributed by atoms with Gasteiger partial charge in [-0.05, 0) is 19.2 Å². The van der Waals surface area contributed by atoms with Crippen LogP contribution in [0, 0.1) is 0 Å². The van der Waals surface area contributed by atoms with Crippen molar-refractivity contribution in [3.8, 4) is 10.8 Å². The van der Waals surface area contributed by atoms with Crippen LogP contribution >= 0.6 is 22.9 Å². The Hall–Kier alpha value is -0.910. The molecule has 14 heavy (non-hydrogen) atoms. The van der Waals surface area contributed by atoms with E-state index in [0.29, 0.717) is 22.6 Å². The van der Waals surface area contributed by atoms with E-state index in [9.17, 15) is 0 Å². The molecule has 0 saturated heterocycles. The zero-order chi connectivity index (χ0) is 9.97. The molecule has 0 amide bonds. The Bertz CT molecular complexity index is 426. The van der Waals surface area contributed by atoms with Gasteiger partial charge in [-0.25, -0.2) is 0 Å². The molecule has 0 fully saturated rings. The Balaban J connectivity index is 2.24. The molecule has 2 heterocycles. The summed E-state index contributed by atoms with van der Waals surface area (Å²) in [6, 6.07) is 3.67. The molecular weight excluding hydrogens is 222 g/mol. The summed E-state index contributed by atoms with van der Waals surface area (Å²) in [7, 11) is 1.83. The van der Waals surface area contributed by atoms with Crippen molar-refractivity contribution in [3.63, 3.8) is 0 Å². The van der Waals surface area contributed by atoms with Gasteiger partial charge in [0.2, 0.25) is 0 Å². The normalized spacial score (nSPS) is 10.7. The maximum Gasteiger partial charge on any atom is 0.268 e. The number of hydrogen-bond acceptors (Lipinski definition) is 5. The zero-order valence-electron chi connectivity index (χ0n) is 7.45. The minimum atomic E-state index is 0.521. The van der Waals surface area contributed by atoms with Gasteiger partial charge in [0, 0.05) is 0 Å². The van der Waals surface area contributed by atoms with Gasteiger partial charge in [-0.3, -0.25) is 0 Å². The molecule has 6 heteroatoms. The lowest BCUT2D eigenvalue weighted by atomic mass is 10.5. The fourth-order valence-electron chi connectivity index (χ4n) is 1.01. The molecule has 4 nitrogen and oxygen atoms in total. The SMILES string of the molecule is CNCc1noc(-c2ccc(Cl)s2)n1. The number of nitrogens with one attached hydrogen (secondary N) is 1. The lowest BCUT2D eigenvalue weighted by Crippen LogP contribution is -2.06. The van der Waals surface area contributed by atoms with Crippen molar-refractivity contribution >= 4 is 22.9 Å². The van der Waals surface area contributed by atoms with Gasteiger partial charge in [-0.1, -0.05) is 16.8 Å². The van der Waals surface area contributed by atoms with Gasteiger partial charge in [-0.2, -0.15) is 4.98 Å². The summed E-state index contributed by atoms with van der Waals surface area (Å²) in [5, 5.41) is 6.75. The molecule has 0 spiro atoms. The monoisotopic (exact) mass is 229 g/mol. The first-order valence-corrected chi connectivity index (χ1v) is 5.22. The summed E-state index contributed by atoms with van der Waals surface area (Å²) < 4.78 is 5.78. The van der Waals surface area contributed by atoms with Gasteiger partial charge >= 0.3 is 0 Å². The third kappa shape index (κ3) is 1.95. The number of nitrogens with zero attached hydrogens (tertiary/aromatic N) is 2. The fourth-order valence-corrected chi connectivity index (χ4v) is 1.98. The van der Waals surface area contributed by atoms with E-state index in [1.807, 2.05) is 19.2 Å². The molecule has 1 N–H and O–H groups in total. The van der Waals surface area contributed by atoms with Crippen LogP contribution in [0.25, 0.3) is 10.8 Å². The molecule has 0 saturated carbocycles. The number of aromatic nitrogens is 2. The van der Waals surface area contributed by atoms with E-state index in [0.717, 1.165) is 4.88 Å². The van der Waals surface area contributed by atoms with Crippen LogP contribution in [0.15, 0.2) is 16.7 Å². The van der Waals surface area contributed by atoms with Crippen LogP contribution in [0.2, 0.25) is 4.34 Å². The second-order valence-corrected chi connectivity index (χ2v) is 4.36. The molecule has 2 aromatic rings. The fraction of sp³-hybridized carbons (Fsp3) is 0.250. The Labute approximate surface area is 89.9 Å². The van der Waals surface area contributed by atoms with E-state index in [4.69, 9.17) is 16.1 Å². The lowest BCUT2D eigenvalue weighted by Gasteiger charge is -1.86. The third-order valence-corrected chi connectivity index (χ3v) is 2.81. The summed E-state index contributed by atoms with van der Waals surface area (Å²) >= 11 is 7.22. The van der Waals surface area contributed by atoms with Crippen molar-refractivity contribution in [1.82, 2.24) is 15.5 Å². The molecular formula is C8H8ClN3OS. The molecule has 0 bridgehead atoms. The molecule has 2 rings (SSSR count). The predicted molar refractivity (Wildman–Crippen MR) is 55.4 cm³/mol. The first-order valence-electron chi connectivity index (χ1n) is 4.02. The minimum Gasteiger partial charge on any atom is -0.333 e. The Morgan fingerprint density at radius 2 is 2.43 bits per heavy atom. The summed E-state index contributed by atoms with van der Waals surface area (Å²) in [5.41, 5.74) is 0. The average Bonchev–Trinajstić information content (AvgIpc) is 2.74. The summed E-state index contributed by atoms with van der Waals surface area (Å²) in [4.78, 5) is 5.09. The van der Waals surface area contributed by atoms with E-state index >= 15 is 0 Å². The van der Waals surface area contributed by atoms with Gasteiger partial charge in [-0.15, -0.1) is 11.3 Å². The molecule has 0 unspecified atom stereocenters. The first-order chi connectivity index (χ1) is 6.79. The predicted octanol–water partition coefficient (Wildman–Crippen LogP) is 2.17. The van der Waals surface area contributed by atoms with E-state index in [1.54, 1.807) is 0 Å². The Kier molecular flexibility index (Phi) is 2.81. The molecule has 74 valence electrons. The standard InChI is InChI=1S/C8H8ClN3OS/c1-10-4-7-11-8(13-12-7)5-2-3-6(9)14-5/h2-3,10H,4H2,1H3. The van der Waals surface area contributed by atoms with E-state index < -0.39 is 0 Å². The van der Waals surface area contributed by atoms with Crippen molar-refractivity contribution in [2.24, 2.45) is 0 Å². The smallest absolute Gasteiger partial charge is 0.268 e.